The van der Waals surface area contributed by atoms with Crippen LogP contribution in [0, 0.1) is 22.7 Å². The number of anilines is 1. The summed E-state index contributed by atoms with van der Waals surface area (Å²) in [5.74, 6) is 0.164. The quantitative estimate of drug-likeness (QED) is 0.831. The van der Waals surface area contributed by atoms with Crippen LogP contribution in [0.2, 0.25) is 0 Å². The molecule has 0 aromatic heterocycles. The minimum Gasteiger partial charge on any atom is -0.399 e. The summed E-state index contributed by atoms with van der Waals surface area (Å²) in [4.78, 5) is -0.0321. The van der Waals surface area contributed by atoms with E-state index in [1.165, 1.54) is 18.2 Å². The molecule has 1 aromatic rings. The smallest absolute Gasteiger partial charge is 0.241 e. The summed E-state index contributed by atoms with van der Waals surface area (Å²) in [5.41, 5.74) is 5.98. The first-order valence-electron chi connectivity index (χ1n) is 6.37. The monoisotopic (exact) mass is 295 g/mol. The van der Waals surface area contributed by atoms with Crippen molar-refractivity contribution < 1.29 is 8.42 Å². The lowest BCUT2D eigenvalue weighted by molar-refractivity contribution is 0.263. The van der Waals surface area contributed by atoms with Crippen LogP contribution in [0.4, 0.5) is 5.69 Å². The van der Waals surface area contributed by atoms with Crippen LogP contribution >= 0.6 is 0 Å². The summed E-state index contributed by atoms with van der Waals surface area (Å²) >= 11 is 0. The molecule has 0 saturated carbocycles. The molecule has 6 heteroatoms. The standard InChI is InChI=1S/C14H21N3O2S/c1-10(14(2,3)4)9-17-20(18,19)13-6-5-12(16)7-11(13)8-15/h5-7,10,17H,9,16H2,1-4H3. The number of sulfonamides is 1. The minimum absolute atomic E-state index is 0.00168. The van der Waals surface area contributed by atoms with E-state index in [-0.39, 0.29) is 21.8 Å². The molecule has 0 aliphatic carbocycles. The van der Waals surface area contributed by atoms with Crippen LogP contribution in [0.3, 0.4) is 0 Å². The summed E-state index contributed by atoms with van der Waals surface area (Å²) < 4.78 is 27.1. The van der Waals surface area contributed by atoms with Crippen molar-refractivity contribution in [1.82, 2.24) is 4.72 Å². The molecule has 0 bridgehead atoms. The van der Waals surface area contributed by atoms with E-state index in [1.807, 2.05) is 13.0 Å². The second-order valence-corrected chi connectivity index (χ2v) is 7.72. The Morgan fingerprint density at radius 3 is 2.50 bits per heavy atom. The van der Waals surface area contributed by atoms with Gasteiger partial charge < -0.3 is 5.73 Å². The van der Waals surface area contributed by atoms with Crippen molar-refractivity contribution in [3.8, 4) is 6.07 Å². The van der Waals surface area contributed by atoms with Crippen molar-refractivity contribution >= 4 is 15.7 Å². The molecule has 1 atom stereocenters. The maximum absolute atomic E-state index is 12.3. The molecular weight excluding hydrogens is 274 g/mol. The Labute approximate surface area is 120 Å². The zero-order chi connectivity index (χ0) is 15.6. The first-order valence-corrected chi connectivity index (χ1v) is 7.85. The van der Waals surface area contributed by atoms with Gasteiger partial charge in [-0.05, 0) is 29.5 Å². The van der Waals surface area contributed by atoms with Gasteiger partial charge in [0.1, 0.15) is 6.07 Å². The van der Waals surface area contributed by atoms with Crippen molar-refractivity contribution in [2.75, 3.05) is 12.3 Å². The first-order chi connectivity index (χ1) is 9.08. The van der Waals surface area contributed by atoms with Crippen LogP contribution in [0.5, 0.6) is 0 Å². The molecule has 110 valence electrons. The van der Waals surface area contributed by atoms with Crippen LogP contribution in [0.15, 0.2) is 23.1 Å². The van der Waals surface area contributed by atoms with Crippen molar-refractivity contribution in [2.45, 2.75) is 32.6 Å². The van der Waals surface area contributed by atoms with Crippen molar-refractivity contribution in [3.05, 3.63) is 23.8 Å². The van der Waals surface area contributed by atoms with Gasteiger partial charge in [-0.3, -0.25) is 0 Å². The van der Waals surface area contributed by atoms with Crippen LogP contribution in [-0.4, -0.2) is 15.0 Å². The highest BCUT2D eigenvalue weighted by molar-refractivity contribution is 7.89. The van der Waals surface area contributed by atoms with Crippen molar-refractivity contribution in [2.24, 2.45) is 11.3 Å². The minimum atomic E-state index is -3.70. The molecule has 0 heterocycles. The van der Waals surface area contributed by atoms with Gasteiger partial charge in [-0.2, -0.15) is 5.26 Å². The van der Waals surface area contributed by atoms with Crippen LogP contribution < -0.4 is 10.5 Å². The summed E-state index contributed by atoms with van der Waals surface area (Å²) in [6.07, 6.45) is 0. The Balaban J connectivity index is 2.99. The Kier molecular flexibility index (Phi) is 4.79. The molecule has 0 amide bonds. The summed E-state index contributed by atoms with van der Waals surface area (Å²) in [6.45, 7) is 8.46. The van der Waals surface area contributed by atoms with Gasteiger partial charge in [-0.25, -0.2) is 13.1 Å². The molecule has 0 aliphatic rings. The average molecular weight is 295 g/mol. The van der Waals surface area contributed by atoms with Gasteiger partial charge in [0.15, 0.2) is 0 Å². The number of hydrogen-bond donors (Lipinski definition) is 2. The van der Waals surface area contributed by atoms with Gasteiger partial charge in [0.2, 0.25) is 10.0 Å². The SMILES string of the molecule is CC(CNS(=O)(=O)c1ccc(N)cc1C#N)C(C)(C)C. The molecule has 0 saturated heterocycles. The molecule has 0 aliphatic heterocycles. The fourth-order valence-electron chi connectivity index (χ4n) is 1.49. The highest BCUT2D eigenvalue weighted by atomic mass is 32.2. The molecule has 3 N–H and O–H groups in total. The molecule has 20 heavy (non-hydrogen) atoms. The summed E-state index contributed by atoms with van der Waals surface area (Å²) in [7, 11) is -3.70. The second-order valence-electron chi connectivity index (χ2n) is 5.99. The third-order valence-corrected chi connectivity index (χ3v) is 4.95. The zero-order valence-corrected chi connectivity index (χ0v) is 13.1. The van der Waals surface area contributed by atoms with Gasteiger partial charge in [-0.15, -0.1) is 0 Å². The van der Waals surface area contributed by atoms with Crippen LogP contribution in [0.25, 0.3) is 0 Å². The maximum atomic E-state index is 12.3. The number of nitriles is 1. The molecule has 1 unspecified atom stereocenters. The predicted octanol–water partition coefficient (Wildman–Crippen LogP) is 2.10. The normalized spacial score (nSPS) is 13.8. The van der Waals surface area contributed by atoms with E-state index in [2.05, 4.69) is 25.5 Å². The Bertz CT molecular complexity index is 625. The molecule has 0 fully saturated rings. The Morgan fingerprint density at radius 1 is 1.40 bits per heavy atom. The van der Waals surface area contributed by atoms with E-state index >= 15 is 0 Å². The Morgan fingerprint density at radius 2 is 2.00 bits per heavy atom. The van der Waals surface area contributed by atoms with Crippen molar-refractivity contribution in [1.29, 1.82) is 5.26 Å². The lowest BCUT2D eigenvalue weighted by Gasteiger charge is -2.27. The van der Waals surface area contributed by atoms with Crippen molar-refractivity contribution in [3.63, 3.8) is 0 Å². The second kappa shape index (κ2) is 5.81. The van der Waals surface area contributed by atoms with Crippen LogP contribution in [-0.2, 0) is 10.0 Å². The fraction of sp³-hybridized carbons (Fsp3) is 0.500. The topological polar surface area (TPSA) is 96.0 Å². The van der Waals surface area contributed by atoms with E-state index in [0.717, 1.165) is 0 Å². The summed E-state index contributed by atoms with van der Waals surface area (Å²) in [6, 6.07) is 6.06. The number of nitrogens with two attached hydrogens (primary N) is 1. The van der Waals surface area contributed by atoms with Gasteiger partial charge >= 0.3 is 0 Å². The van der Waals surface area contributed by atoms with Gasteiger partial charge in [0.25, 0.3) is 0 Å². The zero-order valence-electron chi connectivity index (χ0n) is 12.3. The third kappa shape index (κ3) is 3.95. The van der Waals surface area contributed by atoms with E-state index < -0.39 is 10.0 Å². The molecule has 0 spiro atoms. The molecule has 1 rings (SSSR count). The number of nitrogens with zero attached hydrogens (tertiary/aromatic N) is 1. The molecule has 5 nitrogen and oxygen atoms in total. The number of hydrogen-bond acceptors (Lipinski definition) is 4. The predicted molar refractivity (Wildman–Crippen MR) is 79.4 cm³/mol. The van der Waals surface area contributed by atoms with E-state index in [1.54, 1.807) is 0 Å². The van der Waals surface area contributed by atoms with E-state index in [9.17, 15) is 8.42 Å². The van der Waals surface area contributed by atoms with E-state index in [0.29, 0.717) is 12.2 Å². The highest BCUT2D eigenvalue weighted by Crippen LogP contribution is 2.25. The first kappa shape index (κ1) is 16.5. The lowest BCUT2D eigenvalue weighted by Crippen LogP contribution is -2.34. The number of nitrogen functional groups attached to an aromatic ring is 1. The van der Waals surface area contributed by atoms with Crippen LogP contribution in [0.1, 0.15) is 33.3 Å². The number of benzene rings is 1. The van der Waals surface area contributed by atoms with E-state index in [4.69, 9.17) is 11.0 Å². The molecule has 1 aromatic carbocycles. The maximum Gasteiger partial charge on any atom is 0.241 e. The molecule has 0 radical (unpaired) electrons. The lowest BCUT2D eigenvalue weighted by atomic mass is 9.82. The highest BCUT2D eigenvalue weighted by Gasteiger charge is 2.24. The largest absolute Gasteiger partial charge is 0.399 e. The number of nitrogens with one attached hydrogen (secondary N) is 1. The number of rotatable bonds is 4. The average Bonchev–Trinajstić information content (AvgIpc) is 2.34. The van der Waals surface area contributed by atoms with Gasteiger partial charge in [-0.1, -0.05) is 27.7 Å². The Hall–Kier alpha value is -1.58. The summed E-state index contributed by atoms with van der Waals surface area (Å²) in [5, 5.41) is 9.02. The third-order valence-electron chi connectivity index (χ3n) is 3.47. The van der Waals surface area contributed by atoms with Gasteiger partial charge in [0, 0.05) is 12.2 Å². The van der Waals surface area contributed by atoms with Gasteiger partial charge in [0.05, 0.1) is 10.5 Å². The molecular formula is C14H21N3O2S. The fourth-order valence-corrected chi connectivity index (χ4v) is 2.75.